The van der Waals surface area contributed by atoms with E-state index >= 15 is 0 Å². The predicted octanol–water partition coefficient (Wildman–Crippen LogP) is 1.09. The molecule has 0 aliphatic carbocycles. The highest BCUT2D eigenvalue weighted by atomic mass is 16.5. The van der Waals surface area contributed by atoms with Gasteiger partial charge in [-0.1, -0.05) is 0 Å². The van der Waals surface area contributed by atoms with Crippen LogP contribution in [0, 0.1) is 6.92 Å². The summed E-state index contributed by atoms with van der Waals surface area (Å²) in [4.78, 5) is 24.3. The average molecular weight is 273 g/mol. The van der Waals surface area contributed by atoms with Crippen molar-refractivity contribution in [2.45, 2.75) is 25.9 Å². The van der Waals surface area contributed by atoms with Crippen LogP contribution >= 0.6 is 0 Å². The molecular formula is C13H15N5O2. The van der Waals surface area contributed by atoms with Gasteiger partial charge in [0.15, 0.2) is 0 Å². The maximum Gasteiger partial charge on any atom is 0.254 e. The molecule has 7 nitrogen and oxygen atoms in total. The number of hydrogen-bond acceptors (Lipinski definition) is 5. The summed E-state index contributed by atoms with van der Waals surface area (Å²) in [6.45, 7) is 2.52. The second-order valence-electron chi connectivity index (χ2n) is 4.60. The van der Waals surface area contributed by atoms with Crippen LogP contribution in [0.15, 0.2) is 24.8 Å². The Bertz CT molecular complexity index is 619. The van der Waals surface area contributed by atoms with Crippen LogP contribution < -0.4 is 5.32 Å². The number of nitrogens with one attached hydrogen (secondary N) is 1. The van der Waals surface area contributed by atoms with E-state index in [1.54, 1.807) is 12.3 Å². The molecule has 1 N–H and O–H groups in total. The molecule has 1 fully saturated rings. The SMILES string of the molecule is Cc1nccn1-c1cc(NC(=O)C2CCCO2)ncn1. The Morgan fingerprint density at radius 2 is 2.35 bits per heavy atom. The van der Waals surface area contributed by atoms with Gasteiger partial charge in [0.25, 0.3) is 5.91 Å². The summed E-state index contributed by atoms with van der Waals surface area (Å²) in [6, 6.07) is 1.71. The molecule has 3 rings (SSSR count). The van der Waals surface area contributed by atoms with Crippen LogP contribution in [-0.4, -0.2) is 38.1 Å². The quantitative estimate of drug-likeness (QED) is 0.905. The van der Waals surface area contributed by atoms with Crippen LogP contribution in [0.2, 0.25) is 0 Å². The van der Waals surface area contributed by atoms with E-state index < -0.39 is 0 Å². The minimum absolute atomic E-state index is 0.158. The largest absolute Gasteiger partial charge is 0.368 e. The zero-order valence-corrected chi connectivity index (χ0v) is 11.1. The minimum atomic E-state index is -0.372. The highest BCUT2D eigenvalue weighted by Gasteiger charge is 2.23. The van der Waals surface area contributed by atoms with Crippen LogP contribution in [0.4, 0.5) is 5.82 Å². The first-order valence-electron chi connectivity index (χ1n) is 6.49. The molecule has 2 aromatic rings. The Morgan fingerprint density at radius 3 is 3.05 bits per heavy atom. The summed E-state index contributed by atoms with van der Waals surface area (Å²) in [5.74, 6) is 1.79. The molecule has 0 radical (unpaired) electrons. The second-order valence-corrected chi connectivity index (χ2v) is 4.60. The Hall–Kier alpha value is -2.28. The molecule has 3 heterocycles. The van der Waals surface area contributed by atoms with Crippen LogP contribution in [0.1, 0.15) is 18.7 Å². The van der Waals surface area contributed by atoms with Crippen molar-refractivity contribution in [2.24, 2.45) is 0 Å². The standard InChI is InChI=1S/C13H15N5O2/c1-9-14-4-5-18(9)12-7-11(15-8-16-12)17-13(19)10-3-2-6-20-10/h4-5,7-8,10H,2-3,6H2,1H3,(H,15,16,17,19). The van der Waals surface area contributed by atoms with Crippen molar-refractivity contribution < 1.29 is 9.53 Å². The van der Waals surface area contributed by atoms with Gasteiger partial charge in [0, 0.05) is 25.1 Å². The van der Waals surface area contributed by atoms with E-state index in [2.05, 4.69) is 20.3 Å². The maximum absolute atomic E-state index is 12.0. The van der Waals surface area contributed by atoms with Crippen molar-refractivity contribution in [3.05, 3.63) is 30.6 Å². The lowest BCUT2D eigenvalue weighted by molar-refractivity contribution is -0.124. The Labute approximate surface area is 116 Å². The summed E-state index contributed by atoms with van der Waals surface area (Å²) >= 11 is 0. The lowest BCUT2D eigenvalue weighted by Crippen LogP contribution is -2.27. The smallest absolute Gasteiger partial charge is 0.254 e. The van der Waals surface area contributed by atoms with E-state index in [4.69, 9.17) is 4.74 Å². The van der Waals surface area contributed by atoms with E-state index in [1.165, 1.54) is 6.33 Å². The molecule has 1 amide bonds. The van der Waals surface area contributed by atoms with Gasteiger partial charge in [-0.3, -0.25) is 9.36 Å². The summed E-state index contributed by atoms with van der Waals surface area (Å²) in [5, 5.41) is 2.76. The first-order chi connectivity index (χ1) is 9.74. The molecule has 1 aliphatic rings. The van der Waals surface area contributed by atoms with Crippen molar-refractivity contribution in [3.63, 3.8) is 0 Å². The number of carbonyl (C=O) groups excluding carboxylic acids is 1. The predicted molar refractivity (Wildman–Crippen MR) is 71.5 cm³/mol. The van der Waals surface area contributed by atoms with E-state index in [-0.39, 0.29) is 12.0 Å². The van der Waals surface area contributed by atoms with Gasteiger partial charge in [0.05, 0.1) is 0 Å². The molecule has 104 valence electrons. The number of imidazole rings is 1. The fourth-order valence-electron chi connectivity index (χ4n) is 2.16. The molecule has 1 atom stereocenters. The van der Waals surface area contributed by atoms with Gasteiger partial charge in [-0.15, -0.1) is 0 Å². The number of anilines is 1. The molecule has 2 aromatic heterocycles. The molecule has 20 heavy (non-hydrogen) atoms. The summed E-state index contributed by atoms with van der Waals surface area (Å²) in [5.41, 5.74) is 0. The summed E-state index contributed by atoms with van der Waals surface area (Å²) in [7, 11) is 0. The van der Waals surface area contributed by atoms with Gasteiger partial charge in [-0.25, -0.2) is 15.0 Å². The molecule has 1 aliphatic heterocycles. The number of nitrogens with zero attached hydrogens (tertiary/aromatic N) is 4. The fraction of sp³-hybridized carbons (Fsp3) is 0.385. The molecule has 7 heteroatoms. The van der Waals surface area contributed by atoms with Gasteiger partial charge in [-0.05, 0) is 19.8 Å². The second kappa shape index (κ2) is 5.38. The van der Waals surface area contributed by atoms with Gasteiger partial charge in [0.1, 0.15) is 29.9 Å². The average Bonchev–Trinajstić information content (AvgIpc) is 3.10. The van der Waals surface area contributed by atoms with Gasteiger partial charge in [-0.2, -0.15) is 0 Å². The van der Waals surface area contributed by atoms with Crippen molar-refractivity contribution in [1.82, 2.24) is 19.5 Å². The van der Waals surface area contributed by atoms with Gasteiger partial charge < -0.3 is 10.1 Å². The number of amides is 1. The zero-order chi connectivity index (χ0) is 13.9. The minimum Gasteiger partial charge on any atom is -0.368 e. The third kappa shape index (κ3) is 2.53. The molecular weight excluding hydrogens is 258 g/mol. The normalized spacial score (nSPS) is 18.1. The molecule has 0 bridgehead atoms. The van der Waals surface area contributed by atoms with Crippen molar-refractivity contribution in [1.29, 1.82) is 0 Å². The number of rotatable bonds is 3. The number of hydrogen-bond donors (Lipinski definition) is 1. The number of aromatic nitrogens is 4. The van der Waals surface area contributed by atoms with Crippen LogP contribution in [0.5, 0.6) is 0 Å². The highest BCUT2D eigenvalue weighted by Crippen LogP contribution is 2.15. The van der Waals surface area contributed by atoms with Gasteiger partial charge >= 0.3 is 0 Å². The first kappa shape index (κ1) is 12.7. The number of aryl methyl sites for hydroxylation is 1. The van der Waals surface area contributed by atoms with Crippen LogP contribution in [0.3, 0.4) is 0 Å². The van der Waals surface area contributed by atoms with Crippen molar-refractivity contribution >= 4 is 11.7 Å². The van der Waals surface area contributed by atoms with Crippen LogP contribution in [0.25, 0.3) is 5.82 Å². The lowest BCUT2D eigenvalue weighted by Gasteiger charge is -2.10. The molecule has 0 saturated carbocycles. The molecule has 0 aromatic carbocycles. The first-order valence-corrected chi connectivity index (χ1v) is 6.49. The summed E-state index contributed by atoms with van der Waals surface area (Å²) in [6.07, 6.45) is 6.22. The Morgan fingerprint density at radius 1 is 1.45 bits per heavy atom. The third-order valence-electron chi connectivity index (χ3n) is 3.20. The van der Waals surface area contributed by atoms with E-state index in [0.717, 1.165) is 18.7 Å². The lowest BCUT2D eigenvalue weighted by atomic mass is 10.2. The third-order valence-corrected chi connectivity index (χ3v) is 3.20. The van der Waals surface area contributed by atoms with Crippen molar-refractivity contribution in [3.8, 4) is 5.82 Å². The van der Waals surface area contributed by atoms with Crippen LogP contribution in [-0.2, 0) is 9.53 Å². The molecule has 1 unspecified atom stereocenters. The van der Waals surface area contributed by atoms with E-state index in [9.17, 15) is 4.79 Å². The number of ether oxygens (including phenoxy) is 1. The van der Waals surface area contributed by atoms with Crippen molar-refractivity contribution in [2.75, 3.05) is 11.9 Å². The zero-order valence-electron chi connectivity index (χ0n) is 11.1. The molecule has 1 saturated heterocycles. The maximum atomic E-state index is 12.0. The van der Waals surface area contributed by atoms with Gasteiger partial charge in [0.2, 0.25) is 0 Å². The monoisotopic (exact) mass is 273 g/mol. The number of carbonyl (C=O) groups is 1. The highest BCUT2D eigenvalue weighted by molar-refractivity contribution is 5.93. The molecule has 0 spiro atoms. The Kier molecular flexibility index (Phi) is 3.42. The topological polar surface area (TPSA) is 81.9 Å². The Balaban J connectivity index is 1.78. The fourth-order valence-corrected chi connectivity index (χ4v) is 2.16. The summed E-state index contributed by atoms with van der Waals surface area (Å²) < 4.78 is 7.16. The van der Waals surface area contributed by atoms with E-state index in [1.807, 2.05) is 17.7 Å². The van der Waals surface area contributed by atoms with E-state index in [0.29, 0.717) is 18.2 Å².